The standard InChI is InChI=1S/C9H14N4O/c1-2-12-7-8(5-11-12)13-4-3-10-6-9(13)14/h5,7,10H,2-4,6H2,1H3. The fourth-order valence-electron chi connectivity index (χ4n) is 1.54. The molecule has 76 valence electrons. The predicted molar refractivity (Wildman–Crippen MR) is 53.1 cm³/mol. The monoisotopic (exact) mass is 194 g/mol. The number of aromatic nitrogens is 2. The SMILES string of the molecule is CCn1cc(N2CCNCC2=O)cn1. The summed E-state index contributed by atoms with van der Waals surface area (Å²) in [6.07, 6.45) is 3.65. The van der Waals surface area contributed by atoms with Crippen LogP contribution in [0.5, 0.6) is 0 Å². The van der Waals surface area contributed by atoms with Crippen molar-refractivity contribution < 1.29 is 4.79 Å². The van der Waals surface area contributed by atoms with Crippen molar-refractivity contribution in [3.05, 3.63) is 12.4 Å². The van der Waals surface area contributed by atoms with E-state index in [4.69, 9.17) is 0 Å². The van der Waals surface area contributed by atoms with Gasteiger partial charge in [-0.3, -0.25) is 9.48 Å². The first-order valence-corrected chi connectivity index (χ1v) is 4.85. The van der Waals surface area contributed by atoms with Gasteiger partial charge in [0.15, 0.2) is 0 Å². The lowest BCUT2D eigenvalue weighted by molar-refractivity contribution is -0.118. The van der Waals surface area contributed by atoms with Crippen molar-refractivity contribution >= 4 is 11.6 Å². The number of hydrogen-bond donors (Lipinski definition) is 1. The highest BCUT2D eigenvalue weighted by atomic mass is 16.2. The topological polar surface area (TPSA) is 50.2 Å². The minimum Gasteiger partial charge on any atom is -0.307 e. The number of piperazine rings is 1. The minimum absolute atomic E-state index is 0.118. The molecule has 1 aromatic rings. The van der Waals surface area contributed by atoms with E-state index in [0.717, 1.165) is 25.3 Å². The van der Waals surface area contributed by atoms with Crippen molar-refractivity contribution in [2.75, 3.05) is 24.5 Å². The molecule has 0 saturated carbocycles. The number of aryl methyl sites for hydroxylation is 1. The molecule has 2 heterocycles. The van der Waals surface area contributed by atoms with Crippen molar-refractivity contribution in [3.63, 3.8) is 0 Å². The Labute approximate surface area is 82.7 Å². The molecular formula is C9H14N4O. The Morgan fingerprint density at radius 1 is 1.64 bits per heavy atom. The highest BCUT2D eigenvalue weighted by Crippen LogP contribution is 2.13. The lowest BCUT2D eigenvalue weighted by Gasteiger charge is -2.25. The van der Waals surface area contributed by atoms with Crippen LogP contribution in [0.2, 0.25) is 0 Å². The smallest absolute Gasteiger partial charge is 0.241 e. The minimum atomic E-state index is 0.118. The molecule has 1 aliphatic rings. The zero-order valence-corrected chi connectivity index (χ0v) is 8.23. The van der Waals surface area contributed by atoms with Gasteiger partial charge in [-0.15, -0.1) is 0 Å². The van der Waals surface area contributed by atoms with Crippen molar-refractivity contribution in [1.29, 1.82) is 0 Å². The maximum atomic E-state index is 11.5. The molecule has 5 nitrogen and oxygen atoms in total. The van der Waals surface area contributed by atoms with Crippen LogP contribution in [0, 0.1) is 0 Å². The number of amides is 1. The normalized spacial score (nSPS) is 17.5. The number of hydrogen-bond acceptors (Lipinski definition) is 3. The molecule has 5 heteroatoms. The Balaban J connectivity index is 2.16. The van der Waals surface area contributed by atoms with Crippen LogP contribution in [-0.2, 0) is 11.3 Å². The Hall–Kier alpha value is -1.36. The second-order valence-electron chi connectivity index (χ2n) is 3.28. The summed E-state index contributed by atoms with van der Waals surface area (Å²) in [5.74, 6) is 0.118. The van der Waals surface area contributed by atoms with E-state index in [9.17, 15) is 4.79 Å². The third kappa shape index (κ3) is 1.63. The van der Waals surface area contributed by atoms with E-state index >= 15 is 0 Å². The fraction of sp³-hybridized carbons (Fsp3) is 0.556. The Morgan fingerprint density at radius 3 is 3.14 bits per heavy atom. The van der Waals surface area contributed by atoms with E-state index < -0.39 is 0 Å². The van der Waals surface area contributed by atoms with Crippen molar-refractivity contribution in [3.8, 4) is 0 Å². The molecule has 1 aliphatic heterocycles. The van der Waals surface area contributed by atoms with Crippen LogP contribution in [0.15, 0.2) is 12.4 Å². The first kappa shape index (κ1) is 9.21. The molecule has 1 amide bonds. The number of carbonyl (C=O) groups excluding carboxylic acids is 1. The van der Waals surface area contributed by atoms with E-state index in [1.807, 2.05) is 17.8 Å². The summed E-state index contributed by atoms with van der Waals surface area (Å²) in [6, 6.07) is 0. The predicted octanol–water partition coefficient (Wildman–Crippen LogP) is -0.161. The second-order valence-corrected chi connectivity index (χ2v) is 3.28. The lowest BCUT2D eigenvalue weighted by Crippen LogP contribution is -2.48. The third-order valence-corrected chi connectivity index (χ3v) is 2.34. The van der Waals surface area contributed by atoms with Crippen molar-refractivity contribution in [1.82, 2.24) is 15.1 Å². The first-order valence-electron chi connectivity index (χ1n) is 4.85. The van der Waals surface area contributed by atoms with E-state index in [-0.39, 0.29) is 5.91 Å². The van der Waals surface area contributed by atoms with E-state index in [1.165, 1.54) is 0 Å². The van der Waals surface area contributed by atoms with Gasteiger partial charge >= 0.3 is 0 Å². The molecule has 0 atom stereocenters. The van der Waals surface area contributed by atoms with Gasteiger partial charge in [-0.25, -0.2) is 0 Å². The van der Waals surface area contributed by atoms with Gasteiger partial charge in [-0.05, 0) is 6.92 Å². The summed E-state index contributed by atoms with van der Waals surface area (Å²) in [5, 5.41) is 7.18. The first-order chi connectivity index (χ1) is 6.81. The maximum Gasteiger partial charge on any atom is 0.241 e. The molecule has 1 aromatic heterocycles. The highest BCUT2D eigenvalue weighted by Gasteiger charge is 2.19. The van der Waals surface area contributed by atoms with Gasteiger partial charge in [0.05, 0.1) is 18.4 Å². The zero-order chi connectivity index (χ0) is 9.97. The summed E-state index contributed by atoms with van der Waals surface area (Å²) in [4.78, 5) is 13.3. The number of nitrogens with zero attached hydrogens (tertiary/aromatic N) is 3. The third-order valence-electron chi connectivity index (χ3n) is 2.34. The van der Waals surface area contributed by atoms with Crippen LogP contribution in [0.3, 0.4) is 0 Å². The van der Waals surface area contributed by atoms with Gasteiger partial charge in [0.25, 0.3) is 0 Å². The van der Waals surface area contributed by atoms with Crippen molar-refractivity contribution in [2.24, 2.45) is 0 Å². The van der Waals surface area contributed by atoms with Crippen LogP contribution in [0.1, 0.15) is 6.92 Å². The number of anilines is 1. The lowest BCUT2D eigenvalue weighted by atomic mass is 10.3. The Bertz CT molecular complexity index is 333. The fourth-order valence-corrected chi connectivity index (χ4v) is 1.54. The van der Waals surface area contributed by atoms with Crippen LogP contribution >= 0.6 is 0 Å². The molecule has 0 aliphatic carbocycles. The summed E-state index contributed by atoms with van der Waals surface area (Å²) < 4.78 is 1.82. The second kappa shape index (κ2) is 3.79. The van der Waals surface area contributed by atoms with Crippen LogP contribution in [-0.4, -0.2) is 35.3 Å². The summed E-state index contributed by atoms with van der Waals surface area (Å²) in [7, 11) is 0. The molecule has 0 bridgehead atoms. The molecule has 0 unspecified atom stereocenters. The van der Waals surface area contributed by atoms with Crippen LogP contribution in [0.4, 0.5) is 5.69 Å². The quantitative estimate of drug-likeness (QED) is 0.711. The maximum absolute atomic E-state index is 11.5. The van der Waals surface area contributed by atoms with Crippen LogP contribution in [0.25, 0.3) is 0 Å². The largest absolute Gasteiger partial charge is 0.307 e. The highest BCUT2D eigenvalue weighted by molar-refractivity contribution is 5.95. The molecule has 0 radical (unpaired) electrons. The van der Waals surface area contributed by atoms with E-state index in [2.05, 4.69) is 10.4 Å². The molecule has 1 saturated heterocycles. The number of carbonyl (C=O) groups is 1. The van der Waals surface area contributed by atoms with E-state index in [0.29, 0.717) is 6.54 Å². The molecule has 2 rings (SSSR count). The average molecular weight is 194 g/mol. The van der Waals surface area contributed by atoms with Crippen molar-refractivity contribution in [2.45, 2.75) is 13.5 Å². The van der Waals surface area contributed by atoms with E-state index in [1.54, 1.807) is 11.1 Å². The summed E-state index contributed by atoms with van der Waals surface area (Å²) in [6.45, 7) is 4.87. The summed E-state index contributed by atoms with van der Waals surface area (Å²) >= 11 is 0. The van der Waals surface area contributed by atoms with Gasteiger partial charge in [0, 0.05) is 25.8 Å². The average Bonchev–Trinajstić information content (AvgIpc) is 2.67. The van der Waals surface area contributed by atoms with Gasteiger partial charge in [0.2, 0.25) is 5.91 Å². The molecule has 1 fully saturated rings. The van der Waals surface area contributed by atoms with Gasteiger partial charge in [0.1, 0.15) is 0 Å². The van der Waals surface area contributed by atoms with Gasteiger partial charge < -0.3 is 10.2 Å². The number of rotatable bonds is 2. The molecule has 0 spiro atoms. The Kier molecular flexibility index (Phi) is 2.49. The molecular weight excluding hydrogens is 180 g/mol. The van der Waals surface area contributed by atoms with Gasteiger partial charge in [-0.1, -0.05) is 0 Å². The molecule has 14 heavy (non-hydrogen) atoms. The number of nitrogens with one attached hydrogen (secondary N) is 1. The molecule has 1 N–H and O–H groups in total. The zero-order valence-electron chi connectivity index (χ0n) is 8.23. The van der Waals surface area contributed by atoms with Gasteiger partial charge in [-0.2, -0.15) is 5.10 Å². The summed E-state index contributed by atoms with van der Waals surface area (Å²) in [5.41, 5.74) is 0.901. The van der Waals surface area contributed by atoms with Crippen LogP contribution < -0.4 is 10.2 Å². The molecule has 0 aromatic carbocycles. The Morgan fingerprint density at radius 2 is 2.50 bits per heavy atom.